The Labute approximate surface area is 161 Å². The van der Waals surface area contributed by atoms with Crippen molar-refractivity contribution in [3.05, 3.63) is 65.0 Å². The standard InChI is InChI=1S/C20H22F2N2O2S/c1-13-7-18(26-12-14-3-2-4-16(21)8-14)6-5-15(13)10-24-11-17(22)9-19(24)27-20(23)25/h2-8,17,19H,9-12H2,1H3,(H2,23,25)/t17-,19?/m0/s1. The molecule has 2 aromatic rings. The topological polar surface area (TPSA) is 55.6 Å². The number of rotatable bonds is 6. The molecule has 0 radical (unpaired) electrons. The van der Waals surface area contributed by atoms with Crippen LogP contribution in [0.15, 0.2) is 42.5 Å². The van der Waals surface area contributed by atoms with E-state index in [0.717, 1.165) is 28.5 Å². The zero-order valence-corrected chi connectivity index (χ0v) is 15.8. The highest BCUT2D eigenvalue weighted by atomic mass is 32.2. The normalized spacial score (nSPS) is 20.0. The van der Waals surface area contributed by atoms with Crippen LogP contribution in [0.1, 0.15) is 23.1 Å². The zero-order chi connectivity index (χ0) is 19.4. The maximum absolute atomic E-state index is 13.8. The monoisotopic (exact) mass is 392 g/mol. The maximum atomic E-state index is 13.8. The molecular formula is C20H22F2N2O2S. The van der Waals surface area contributed by atoms with Gasteiger partial charge in [-0.3, -0.25) is 9.69 Å². The summed E-state index contributed by atoms with van der Waals surface area (Å²) in [5.41, 5.74) is 8.06. The number of amides is 1. The number of halogens is 2. The van der Waals surface area contributed by atoms with Crippen molar-refractivity contribution in [2.45, 2.75) is 38.0 Å². The molecule has 1 heterocycles. The van der Waals surface area contributed by atoms with Gasteiger partial charge in [-0.15, -0.1) is 0 Å². The van der Waals surface area contributed by atoms with E-state index in [2.05, 4.69) is 0 Å². The molecule has 0 aromatic heterocycles. The van der Waals surface area contributed by atoms with Crippen LogP contribution in [0.5, 0.6) is 5.75 Å². The van der Waals surface area contributed by atoms with Crippen LogP contribution in [-0.4, -0.2) is 28.2 Å². The van der Waals surface area contributed by atoms with E-state index in [9.17, 15) is 13.6 Å². The Morgan fingerprint density at radius 1 is 1.33 bits per heavy atom. The Kier molecular flexibility index (Phi) is 6.34. The quantitative estimate of drug-likeness (QED) is 0.792. The van der Waals surface area contributed by atoms with E-state index in [-0.39, 0.29) is 17.8 Å². The van der Waals surface area contributed by atoms with Crippen LogP contribution in [0.3, 0.4) is 0 Å². The fourth-order valence-corrected chi connectivity index (χ4v) is 4.07. The second-order valence-electron chi connectivity index (χ2n) is 6.66. The summed E-state index contributed by atoms with van der Waals surface area (Å²) in [6.07, 6.45) is -0.641. The van der Waals surface area contributed by atoms with E-state index >= 15 is 0 Å². The number of ether oxygens (including phenoxy) is 1. The number of primary amides is 1. The summed E-state index contributed by atoms with van der Waals surface area (Å²) in [4.78, 5) is 13.1. The molecule has 0 bridgehead atoms. The number of alkyl halides is 1. The van der Waals surface area contributed by atoms with Crippen molar-refractivity contribution in [1.82, 2.24) is 4.90 Å². The molecule has 0 spiro atoms. The highest BCUT2D eigenvalue weighted by Crippen LogP contribution is 2.31. The van der Waals surface area contributed by atoms with Gasteiger partial charge in [0.25, 0.3) is 5.24 Å². The minimum absolute atomic E-state index is 0.235. The van der Waals surface area contributed by atoms with Gasteiger partial charge >= 0.3 is 0 Å². The van der Waals surface area contributed by atoms with Crippen LogP contribution in [0.4, 0.5) is 13.6 Å². The third-order valence-electron chi connectivity index (χ3n) is 4.53. The van der Waals surface area contributed by atoms with Gasteiger partial charge in [0, 0.05) is 19.5 Å². The van der Waals surface area contributed by atoms with E-state index in [4.69, 9.17) is 10.5 Å². The third kappa shape index (κ3) is 5.43. The van der Waals surface area contributed by atoms with Crippen LogP contribution >= 0.6 is 11.8 Å². The van der Waals surface area contributed by atoms with Gasteiger partial charge in [-0.1, -0.05) is 18.2 Å². The molecule has 2 aromatic carbocycles. The predicted molar refractivity (Wildman–Crippen MR) is 103 cm³/mol. The second-order valence-corrected chi connectivity index (χ2v) is 7.84. The Hall–Kier alpha value is -2.12. The van der Waals surface area contributed by atoms with Crippen molar-refractivity contribution in [3.8, 4) is 5.75 Å². The van der Waals surface area contributed by atoms with Crippen LogP contribution in [0, 0.1) is 12.7 Å². The molecule has 0 saturated carbocycles. The lowest BCUT2D eigenvalue weighted by Crippen LogP contribution is -2.29. The molecular weight excluding hydrogens is 370 g/mol. The summed E-state index contributed by atoms with van der Waals surface area (Å²) in [5.74, 6) is 0.399. The Balaban J connectivity index is 1.63. The van der Waals surface area contributed by atoms with Crippen LogP contribution in [0.2, 0.25) is 0 Å². The molecule has 27 heavy (non-hydrogen) atoms. The number of likely N-dealkylation sites (tertiary alicyclic amines) is 1. The number of aryl methyl sites for hydroxylation is 1. The number of hydrogen-bond donors (Lipinski definition) is 1. The highest BCUT2D eigenvalue weighted by molar-refractivity contribution is 8.14. The first-order valence-electron chi connectivity index (χ1n) is 8.71. The van der Waals surface area contributed by atoms with Crippen LogP contribution < -0.4 is 10.5 Å². The molecule has 144 valence electrons. The predicted octanol–water partition coefficient (Wildman–Crippen LogP) is 4.39. The van der Waals surface area contributed by atoms with Crippen molar-refractivity contribution in [2.24, 2.45) is 5.73 Å². The van der Waals surface area contributed by atoms with E-state index < -0.39 is 11.4 Å². The Morgan fingerprint density at radius 3 is 2.85 bits per heavy atom. The average Bonchev–Trinajstić information content (AvgIpc) is 2.93. The molecule has 1 aliphatic rings. The molecule has 4 nitrogen and oxygen atoms in total. The number of nitrogens with two attached hydrogens (primary N) is 1. The summed E-state index contributed by atoms with van der Waals surface area (Å²) in [6, 6.07) is 12.0. The van der Waals surface area contributed by atoms with Crippen LogP contribution in [0.25, 0.3) is 0 Å². The van der Waals surface area contributed by atoms with Crippen molar-refractivity contribution in [2.75, 3.05) is 6.54 Å². The first-order chi connectivity index (χ1) is 12.9. The van der Waals surface area contributed by atoms with Gasteiger partial charge in [0.15, 0.2) is 0 Å². The number of carbonyl (C=O) groups excluding carboxylic acids is 1. The van der Waals surface area contributed by atoms with Gasteiger partial charge in [-0.05, 0) is 59.6 Å². The zero-order valence-electron chi connectivity index (χ0n) is 15.0. The lowest BCUT2D eigenvalue weighted by molar-refractivity contribution is 0.263. The number of benzene rings is 2. The number of thioether (sulfide) groups is 1. The summed E-state index contributed by atoms with van der Waals surface area (Å²) in [7, 11) is 0. The van der Waals surface area contributed by atoms with Crippen molar-refractivity contribution < 1.29 is 18.3 Å². The minimum Gasteiger partial charge on any atom is -0.489 e. The molecule has 1 unspecified atom stereocenters. The van der Waals surface area contributed by atoms with Gasteiger partial charge in [0.2, 0.25) is 0 Å². The second kappa shape index (κ2) is 8.71. The SMILES string of the molecule is Cc1cc(OCc2cccc(F)c2)ccc1CN1C[C@@H](F)CC1SC(N)=O. The van der Waals surface area contributed by atoms with Gasteiger partial charge in [0.1, 0.15) is 24.3 Å². The fourth-order valence-electron chi connectivity index (χ4n) is 3.19. The number of nitrogens with zero attached hydrogens (tertiary/aromatic N) is 1. The maximum Gasteiger partial charge on any atom is 0.278 e. The van der Waals surface area contributed by atoms with E-state index in [1.165, 1.54) is 12.1 Å². The molecule has 1 fully saturated rings. The number of hydrogen-bond acceptors (Lipinski definition) is 4. The fraction of sp³-hybridized carbons (Fsp3) is 0.350. The van der Waals surface area contributed by atoms with Crippen LogP contribution in [-0.2, 0) is 13.2 Å². The molecule has 7 heteroatoms. The molecule has 1 aliphatic heterocycles. The highest BCUT2D eigenvalue weighted by Gasteiger charge is 2.33. The first-order valence-corrected chi connectivity index (χ1v) is 9.59. The number of carbonyl (C=O) groups is 1. The minimum atomic E-state index is -0.948. The van der Waals surface area contributed by atoms with Gasteiger partial charge in [-0.2, -0.15) is 0 Å². The van der Waals surface area contributed by atoms with Gasteiger partial charge in [0.05, 0.1) is 5.37 Å². The Morgan fingerprint density at radius 2 is 2.15 bits per heavy atom. The third-order valence-corrected chi connectivity index (χ3v) is 5.53. The lowest BCUT2D eigenvalue weighted by atomic mass is 10.1. The largest absolute Gasteiger partial charge is 0.489 e. The van der Waals surface area contributed by atoms with Crippen molar-refractivity contribution >= 4 is 17.0 Å². The summed E-state index contributed by atoms with van der Waals surface area (Å²) in [5, 5.41) is -0.724. The lowest BCUT2D eigenvalue weighted by Gasteiger charge is -2.23. The van der Waals surface area contributed by atoms with E-state index in [0.29, 0.717) is 25.3 Å². The summed E-state index contributed by atoms with van der Waals surface area (Å²) < 4.78 is 32.7. The van der Waals surface area contributed by atoms with Crippen molar-refractivity contribution in [1.29, 1.82) is 0 Å². The molecule has 0 aliphatic carbocycles. The van der Waals surface area contributed by atoms with E-state index in [1.54, 1.807) is 6.07 Å². The van der Waals surface area contributed by atoms with Gasteiger partial charge in [-0.25, -0.2) is 8.78 Å². The molecule has 3 rings (SSSR count). The molecule has 2 N–H and O–H groups in total. The summed E-state index contributed by atoms with van der Waals surface area (Å²) >= 11 is 0.979. The average molecular weight is 392 g/mol. The molecule has 1 amide bonds. The summed E-state index contributed by atoms with van der Waals surface area (Å²) in [6.45, 7) is 3.08. The smallest absolute Gasteiger partial charge is 0.278 e. The van der Waals surface area contributed by atoms with Crippen molar-refractivity contribution in [3.63, 3.8) is 0 Å². The Bertz CT molecular complexity index is 818. The molecule has 2 atom stereocenters. The van der Waals surface area contributed by atoms with Gasteiger partial charge < -0.3 is 10.5 Å². The molecule has 1 saturated heterocycles. The first kappa shape index (κ1) is 19.6. The van der Waals surface area contributed by atoms with E-state index in [1.807, 2.05) is 36.1 Å².